The number of anilines is 1. The van der Waals surface area contributed by atoms with Gasteiger partial charge >= 0.3 is 0 Å². The normalized spacial score (nSPS) is 15.7. The minimum Gasteiger partial charge on any atom is -0.494 e. The van der Waals surface area contributed by atoms with Crippen molar-refractivity contribution >= 4 is 11.5 Å². The number of carbonyl (C=O) groups is 1. The third-order valence-corrected chi connectivity index (χ3v) is 2.92. The SMILES string of the molecule is COc1c(N)ccc2c1CCC(=O)CC2. The molecular formula is C12H15NO2. The Hall–Kier alpha value is -1.51. The average Bonchev–Trinajstić information content (AvgIpc) is 2.41. The van der Waals surface area contributed by atoms with E-state index in [-0.39, 0.29) is 0 Å². The first-order chi connectivity index (χ1) is 7.22. The highest BCUT2D eigenvalue weighted by molar-refractivity contribution is 5.80. The number of Topliss-reactive ketones (excluding diaryl/α,β-unsaturated/α-hetero) is 1. The summed E-state index contributed by atoms with van der Waals surface area (Å²) in [6, 6.07) is 3.86. The van der Waals surface area contributed by atoms with Crippen molar-refractivity contribution in [2.45, 2.75) is 25.7 Å². The van der Waals surface area contributed by atoms with Crippen molar-refractivity contribution in [2.24, 2.45) is 0 Å². The van der Waals surface area contributed by atoms with E-state index in [2.05, 4.69) is 0 Å². The summed E-state index contributed by atoms with van der Waals surface area (Å²) in [4.78, 5) is 11.4. The van der Waals surface area contributed by atoms with E-state index in [0.717, 1.165) is 24.2 Å². The first-order valence-electron chi connectivity index (χ1n) is 5.18. The molecule has 0 atom stereocenters. The number of benzene rings is 1. The first-order valence-corrected chi connectivity index (χ1v) is 5.18. The van der Waals surface area contributed by atoms with Gasteiger partial charge in [-0.15, -0.1) is 0 Å². The Morgan fingerprint density at radius 3 is 2.67 bits per heavy atom. The summed E-state index contributed by atoms with van der Waals surface area (Å²) < 4.78 is 5.30. The number of aryl methyl sites for hydroxylation is 1. The lowest BCUT2D eigenvalue weighted by Gasteiger charge is -2.13. The van der Waals surface area contributed by atoms with Crippen molar-refractivity contribution in [3.63, 3.8) is 0 Å². The van der Waals surface area contributed by atoms with Crippen molar-refractivity contribution in [3.8, 4) is 5.75 Å². The highest BCUT2D eigenvalue weighted by Gasteiger charge is 2.18. The maximum Gasteiger partial charge on any atom is 0.145 e. The molecule has 0 saturated carbocycles. The minimum absolute atomic E-state index is 0.326. The van der Waals surface area contributed by atoms with Crippen LogP contribution in [-0.4, -0.2) is 12.9 Å². The van der Waals surface area contributed by atoms with Crippen LogP contribution in [0.4, 0.5) is 5.69 Å². The van der Waals surface area contributed by atoms with E-state index in [1.165, 1.54) is 5.56 Å². The standard InChI is InChI=1S/C12H15NO2/c1-15-12-10-6-5-9(14)4-2-8(10)3-7-11(12)13/h3,7H,2,4-6,13H2,1H3. The quantitative estimate of drug-likeness (QED) is 0.561. The van der Waals surface area contributed by atoms with Gasteiger partial charge in [-0.1, -0.05) is 6.07 Å². The lowest BCUT2D eigenvalue weighted by molar-refractivity contribution is -0.118. The maximum atomic E-state index is 11.4. The Balaban J connectivity index is 2.47. The topological polar surface area (TPSA) is 52.3 Å². The van der Waals surface area contributed by atoms with E-state index in [1.54, 1.807) is 7.11 Å². The third-order valence-electron chi connectivity index (χ3n) is 2.92. The van der Waals surface area contributed by atoms with Gasteiger partial charge in [-0.25, -0.2) is 0 Å². The predicted molar refractivity (Wildman–Crippen MR) is 59.1 cm³/mol. The van der Waals surface area contributed by atoms with E-state index in [9.17, 15) is 4.79 Å². The van der Waals surface area contributed by atoms with E-state index in [0.29, 0.717) is 24.3 Å². The number of hydrogen-bond donors (Lipinski definition) is 1. The molecule has 3 heteroatoms. The molecule has 0 bridgehead atoms. The fourth-order valence-corrected chi connectivity index (χ4v) is 2.10. The molecule has 0 amide bonds. The van der Waals surface area contributed by atoms with Crippen LogP contribution in [0.25, 0.3) is 0 Å². The van der Waals surface area contributed by atoms with Gasteiger partial charge in [0.25, 0.3) is 0 Å². The summed E-state index contributed by atoms with van der Waals surface area (Å²) in [5, 5.41) is 0. The molecule has 15 heavy (non-hydrogen) atoms. The summed E-state index contributed by atoms with van der Waals surface area (Å²) in [7, 11) is 1.62. The van der Waals surface area contributed by atoms with E-state index in [4.69, 9.17) is 10.5 Å². The number of hydrogen-bond acceptors (Lipinski definition) is 3. The Bertz CT molecular complexity index is 399. The third kappa shape index (κ3) is 1.82. The van der Waals surface area contributed by atoms with Crippen LogP contribution in [0.2, 0.25) is 0 Å². The van der Waals surface area contributed by atoms with Gasteiger partial charge in [0.05, 0.1) is 12.8 Å². The van der Waals surface area contributed by atoms with Gasteiger partial charge in [0.1, 0.15) is 11.5 Å². The molecule has 0 radical (unpaired) electrons. The Morgan fingerprint density at radius 1 is 1.20 bits per heavy atom. The van der Waals surface area contributed by atoms with Gasteiger partial charge in [0, 0.05) is 12.8 Å². The molecule has 0 unspecified atom stereocenters. The molecule has 0 spiro atoms. The zero-order valence-corrected chi connectivity index (χ0v) is 8.88. The van der Waals surface area contributed by atoms with Crippen molar-refractivity contribution < 1.29 is 9.53 Å². The second-order valence-corrected chi connectivity index (χ2v) is 3.86. The number of carbonyl (C=O) groups excluding carboxylic acids is 1. The van der Waals surface area contributed by atoms with Crippen LogP contribution in [-0.2, 0) is 17.6 Å². The van der Waals surface area contributed by atoms with Gasteiger partial charge in [0.2, 0.25) is 0 Å². The van der Waals surface area contributed by atoms with Crippen LogP contribution in [0.3, 0.4) is 0 Å². The van der Waals surface area contributed by atoms with Crippen molar-refractivity contribution in [3.05, 3.63) is 23.3 Å². The minimum atomic E-state index is 0.326. The van der Waals surface area contributed by atoms with Crippen molar-refractivity contribution in [2.75, 3.05) is 12.8 Å². The number of fused-ring (bicyclic) bond motifs is 1. The van der Waals surface area contributed by atoms with Crippen LogP contribution in [0.15, 0.2) is 12.1 Å². The van der Waals surface area contributed by atoms with Gasteiger partial charge in [-0.3, -0.25) is 4.79 Å². The molecule has 3 nitrogen and oxygen atoms in total. The zero-order chi connectivity index (χ0) is 10.8. The highest BCUT2D eigenvalue weighted by Crippen LogP contribution is 2.32. The lowest BCUT2D eigenvalue weighted by Crippen LogP contribution is -2.00. The van der Waals surface area contributed by atoms with Gasteiger partial charge < -0.3 is 10.5 Å². The predicted octanol–water partition coefficient (Wildman–Crippen LogP) is 1.73. The van der Waals surface area contributed by atoms with E-state index in [1.807, 2.05) is 12.1 Å². The Kier molecular flexibility index (Phi) is 2.62. The van der Waals surface area contributed by atoms with Crippen molar-refractivity contribution in [1.29, 1.82) is 0 Å². The summed E-state index contributed by atoms with van der Waals surface area (Å²) in [6.07, 6.45) is 2.81. The molecule has 0 aliphatic heterocycles. The number of ketones is 1. The molecule has 0 saturated heterocycles. The number of nitrogen functional groups attached to an aromatic ring is 1. The lowest BCUT2D eigenvalue weighted by atomic mass is 10.0. The van der Waals surface area contributed by atoms with Crippen LogP contribution >= 0.6 is 0 Å². The number of ether oxygens (including phenoxy) is 1. The average molecular weight is 205 g/mol. The van der Waals surface area contributed by atoms with Gasteiger partial charge in [-0.05, 0) is 30.0 Å². The van der Waals surface area contributed by atoms with Crippen LogP contribution < -0.4 is 10.5 Å². The summed E-state index contributed by atoms with van der Waals surface area (Å²) in [5.74, 6) is 1.08. The Morgan fingerprint density at radius 2 is 1.93 bits per heavy atom. The molecule has 1 aromatic carbocycles. The highest BCUT2D eigenvalue weighted by atomic mass is 16.5. The van der Waals surface area contributed by atoms with Gasteiger partial charge in [0.15, 0.2) is 0 Å². The second-order valence-electron chi connectivity index (χ2n) is 3.86. The first kappa shape index (κ1) is 10.0. The number of rotatable bonds is 1. The molecular weight excluding hydrogens is 190 g/mol. The molecule has 1 aliphatic rings. The maximum absolute atomic E-state index is 11.4. The monoisotopic (exact) mass is 205 g/mol. The summed E-state index contributed by atoms with van der Waals surface area (Å²) in [6.45, 7) is 0. The molecule has 1 aromatic rings. The number of methoxy groups -OCH3 is 1. The second kappa shape index (κ2) is 3.93. The van der Waals surface area contributed by atoms with Crippen molar-refractivity contribution in [1.82, 2.24) is 0 Å². The molecule has 1 aliphatic carbocycles. The molecule has 80 valence electrons. The molecule has 0 heterocycles. The Labute approximate surface area is 89.2 Å². The van der Waals surface area contributed by atoms with E-state index < -0.39 is 0 Å². The largest absolute Gasteiger partial charge is 0.494 e. The van der Waals surface area contributed by atoms with Crippen LogP contribution in [0.5, 0.6) is 5.75 Å². The van der Waals surface area contributed by atoms with Crippen LogP contribution in [0.1, 0.15) is 24.0 Å². The zero-order valence-electron chi connectivity index (χ0n) is 8.88. The molecule has 2 N–H and O–H groups in total. The molecule has 0 fully saturated rings. The van der Waals surface area contributed by atoms with Gasteiger partial charge in [-0.2, -0.15) is 0 Å². The van der Waals surface area contributed by atoms with E-state index >= 15 is 0 Å². The molecule has 0 aromatic heterocycles. The summed E-state index contributed by atoms with van der Waals surface area (Å²) >= 11 is 0. The number of nitrogens with two attached hydrogens (primary N) is 1. The fourth-order valence-electron chi connectivity index (χ4n) is 2.10. The smallest absolute Gasteiger partial charge is 0.145 e. The molecule has 2 rings (SSSR count). The summed E-state index contributed by atoms with van der Waals surface area (Å²) in [5.41, 5.74) is 8.80. The van der Waals surface area contributed by atoms with Crippen LogP contribution in [0, 0.1) is 0 Å². The fraction of sp³-hybridized carbons (Fsp3) is 0.417.